The van der Waals surface area contributed by atoms with Crippen molar-refractivity contribution in [3.8, 4) is 28.7 Å². The van der Waals surface area contributed by atoms with E-state index in [4.69, 9.17) is 33.2 Å². The van der Waals surface area contributed by atoms with Crippen molar-refractivity contribution in [3.63, 3.8) is 0 Å². The number of rotatable bonds is 12. The molecule has 0 aromatic heterocycles. The maximum atomic E-state index is 5.59. The summed E-state index contributed by atoms with van der Waals surface area (Å²) in [5, 5.41) is 0. The van der Waals surface area contributed by atoms with Crippen molar-refractivity contribution in [1.29, 1.82) is 0 Å². The van der Waals surface area contributed by atoms with Gasteiger partial charge in [-0.1, -0.05) is 6.07 Å². The maximum Gasteiger partial charge on any atom is 0.231 e. The summed E-state index contributed by atoms with van der Waals surface area (Å²) in [6.07, 6.45) is 1.62. The van der Waals surface area contributed by atoms with E-state index in [1.54, 1.807) is 35.5 Å². The fourth-order valence-electron chi connectivity index (χ4n) is 4.07. The zero-order chi connectivity index (χ0) is 22.2. The van der Waals surface area contributed by atoms with Gasteiger partial charge in [0.15, 0.2) is 23.0 Å². The van der Waals surface area contributed by atoms with Gasteiger partial charge in [0.05, 0.1) is 21.3 Å². The Morgan fingerprint density at radius 3 is 1.94 bits per heavy atom. The minimum absolute atomic E-state index is 0.211. The first-order valence-corrected chi connectivity index (χ1v) is 10.3. The molecule has 0 saturated carbocycles. The highest BCUT2D eigenvalue weighted by Gasteiger charge is 2.26. The lowest BCUT2D eigenvalue weighted by Crippen LogP contribution is -2.27. The van der Waals surface area contributed by atoms with Crippen LogP contribution in [0.2, 0.25) is 0 Å². The monoisotopic (exact) mass is 432 g/mol. The largest absolute Gasteiger partial charge is 0.493 e. The molecule has 0 aliphatic carbocycles. The Kier molecular flexibility index (Phi) is 8.26. The molecule has 170 valence electrons. The fourth-order valence-corrected chi connectivity index (χ4v) is 4.07. The van der Waals surface area contributed by atoms with Crippen molar-refractivity contribution in [2.45, 2.75) is 12.8 Å². The Hall–Kier alpha value is -2.64. The first kappa shape index (κ1) is 23.0. The SMILES string of the molecule is COC[C@H](Cc1cc(OC)c2c(c1)OCO2)[C@@H](COC)Cc1ccc(OC)c(OC)c1. The molecule has 1 heterocycles. The average molecular weight is 433 g/mol. The van der Waals surface area contributed by atoms with Gasteiger partial charge in [-0.15, -0.1) is 0 Å². The lowest BCUT2D eigenvalue weighted by Gasteiger charge is -2.27. The van der Waals surface area contributed by atoms with E-state index in [1.807, 2.05) is 24.3 Å². The molecule has 0 unspecified atom stereocenters. The highest BCUT2D eigenvalue weighted by Crippen LogP contribution is 2.42. The molecule has 0 amide bonds. The van der Waals surface area contributed by atoms with E-state index in [2.05, 4.69) is 6.07 Å². The van der Waals surface area contributed by atoms with Crippen LogP contribution >= 0.6 is 0 Å². The molecule has 1 aliphatic rings. The topological polar surface area (TPSA) is 64.6 Å². The second kappa shape index (κ2) is 11.1. The summed E-state index contributed by atoms with van der Waals surface area (Å²) >= 11 is 0. The van der Waals surface area contributed by atoms with Crippen molar-refractivity contribution < 1.29 is 33.2 Å². The zero-order valence-corrected chi connectivity index (χ0v) is 18.9. The molecule has 0 N–H and O–H groups in total. The maximum absolute atomic E-state index is 5.59. The van der Waals surface area contributed by atoms with Gasteiger partial charge in [0, 0.05) is 27.4 Å². The van der Waals surface area contributed by atoms with Crippen LogP contribution < -0.4 is 23.7 Å². The predicted molar refractivity (Wildman–Crippen MR) is 117 cm³/mol. The fraction of sp³-hybridized carbons (Fsp3) is 0.500. The van der Waals surface area contributed by atoms with Crippen molar-refractivity contribution in [2.24, 2.45) is 11.8 Å². The highest BCUT2D eigenvalue weighted by atomic mass is 16.7. The molecule has 2 aromatic carbocycles. The normalized spacial score (nSPS) is 14.2. The van der Waals surface area contributed by atoms with E-state index in [1.165, 1.54) is 0 Å². The van der Waals surface area contributed by atoms with Crippen LogP contribution in [0.5, 0.6) is 28.7 Å². The van der Waals surface area contributed by atoms with Crippen LogP contribution in [-0.2, 0) is 22.3 Å². The van der Waals surface area contributed by atoms with E-state index >= 15 is 0 Å². The van der Waals surface area contributed by atoms with Gasteiger partial charge in [0.25, 0.3) is 0 Å². The molecule has 1 aliphatic heterocycles. The second-order valence-corrected chi connectivity index (χ2v) is 7.56. The molecule has 31 heavy (non-hydrogen) atoms. The number of ether oxygens (including phenoxy) is 7. The third-order valence-corrected chi connectivity index (χ3v) is 5.59. The summed E-state index contributed by atoms with van der Waals surface area (Å²) in [6.45, 7) is 1.43. The summed E-state index contributed by atoms with van der Waals surface area (Å²) < 4.78 is 38.6. The quantitative estimate of drug-likeness (QED) is 0.506. The van der Waals surface area contributed by atoms with Crippen molar-refractivity contribution >= 4 is 0 Å². The summed E-state index contributed by atoms with van der Waals surface area (Å²) in [5.74, 6) is 3.96. The van der Waals surface area contributed by atoms with Crippen LogP contribution in [0, 0.1) is 11.8 Å². The van der Waals surface area contributed by atoms with Crippen LogP contribution in [0.1, 0.15) is 11.1 Å². The Bertz CT molecular complexity index is 852. The summed E-state index contributed by atoms with van der Waals surface area (Å²) in [7, 11) is 8.38. The standard InChI is InChI=1S/C24H32O7/c1-25-13-18(8-16-6-7-20(27-3)21(10-16)28-4)19(14-26-2)9-17-11-22(29-5)24-23(12-17)30-15-31-24/h6-7,10-12,18-19H,8-9,13-15H2,1-5H3/t18-,19+/m1/s1. The molecule has 2 aromatic rings. The number of fused-ring (bicyclic) bond motifs is 1. The van der Waals surface area contributed by atoms with E-state index in [-0.39, 0.29) is 18.6 Å². The van der Waals surface area contributed by atoms with E-state index in [9.17, 15) is 0 Å². The van der Waals surface area contributed by atoms with Gasteiger partial charge in [0.1, 0.15) is 0 Å². The Labute approximate surface area is 184 Å². The van der Waals surface area contributed by atoms with E-state index < -0.39 is 0 Å². The number of benzene rings is 2. The van der Waals surface area contributed by atoms with Gasteiger partial charge in [-0.25, -0.2) is 0 Å². The summed E-state index contributed by atoms with van der Waals surface area (Å²) in [5.41, 5.74) is 2.26. The second-order valence-electron chi connectivity index (χ2n) is 7.56. The third-order valence-electron chi connectivity index (χ3n) is 5.59. The average Bonchev–Trinajstić information content (AvgIpc) is 3.26. The lowest BCUT2D eigenvalue weighted by molar-refractivity contribution is 0.0697. The van der Waals surface area contributed by atoms with Crippen LogP contribution in [0.4, 0.5) is 0 Å². The Balaban J connectivity index is 1.83. The van der Waals surface area contributed by atoms with E-state index in [0.717, 1.165) is 35.5 Å². The predicted octanol–water partition coefficient (Wildman–Crippen LogP) is 3.75. The Morgan fingerprint density at radius 2 is 1.32 bits per heavy atom. The highest BCUT2D eigenvalue weighted by molar-refractivity contribution is 5.55. The lowest BCUT2D eigenvalue weighted by atomic mass is 9.83. The zero-order valence-electron chi connectivity index (χ0n) is 18.9. The van der Waals surface area contributed by atoms with Crippen LogP contribution in [0.15, 0.2) is 30.3 Å². The van der Waals surface area contributed by atoms with Gasteiger partial charge in [-0.3, -0.25) is 0 Å². The molecule has 0 bridgehead atoms. The molecule has 7 nitrogen and oxygen atoms in total. The van der Waals surface area contributed by atoms with Crippen molar-refractivity contribution in [3.05, 3.63) is 41.5 Å². The van der Waals surface area contributed by atoms with Crippen LogP contribution in [0.3, 0.4) is 0 Å². The molecule has 0 fully saturated rings. The van der Waals surface area contributed by atoms with Gasteiger partial charge in [-0.2, -0.15) is 0 Å². The van der Waals surface area contributed by atoms with Crippen molar-refractivity contribution in [2.75, 3.05) is 55.6 Å². The molecular weight excluding hydrogens is 400 g/mol. The smallest absolute Gasteiger partial charge is 0.231 e. The van der Waals surface area contributed by atoms with Gasteiger partial charge < -0.3 is 33.2 Å². The number of hydrogen-bond donors (Lipinski definition) is 0. The molecule has 0 spiro atoms. The number of hydrogen-bond acceptors (Lipinski definition) is 7. The first-order valence-electron chi connectivity index (χ1n) is 10.3. The molecule has 7 heteroatoms. The molecule has 3 rings (SSSR count). The van der Waals surface area contributed by atoms with Crippen LogP contribution in [-0.4, -0.2) is 55.6 Å². The van der Waals surface area contributed by atoms with E-state index in [0.29, 0.717) is 30.5 Å². The molecular formula is C24H32O7. The molecule has 2 atom stereocenters. The first-order chi connectivity index (χ1) is 15.1. The van der Waals surface area contributed by atoms with Crippen LogP contribution in [0.25, 0.3) is 0 Å². The molecule has 0 radical (unpaired) electrons. The Morgan fingerprint density at radius 1 is 0.710 bits per heavy atom. The van der Waals surface area contributed by atoms with Gasteiger partial charge >= 0.3 is 0 Å². The summed E-state index contributed by atoms with van der Waals surface area (Å²) in [4.78, 5) is 0. The molecule has 0 saturated heterocycles. The minimum Gasteiger partial charge on any atom is -0.493 e. The number of methoxy groups -OCH3 is 5. The van der Waals surface area contributed by atoms with Gasteiger partial charge in [0.2, 0.25) is 12.5 Å². The summed E-state index contributed by atoms with van der Waals surface area (Å²) in [6, 6.07) is 10.1. The minimum atomic E-state index is 0.211. The van der Waals surface area contributed by atoms with Crippen molar-refractivity contribution in [1.82, 2.24) is 0 Å². The third kappa shape index (κ3) is 5.54. The van der Waals surface area contributed by atoms with Gasteiger partial charge in [-0.05, 0) is 60.1 Å².